The fourth-order valence-corrected chi connectivity index (χ4v) is 2.98. The number of carbonyl (C=O) groups excluding carboxylic acids is 1. The summed E-state index contributed by atoms with van der Waals surface area (Å²) < 4.78 is 2.18. The van der Waals surface area contributed by atoms with Gasteiger partial charge < -0.3 is 20.3 Å². The summed E-state index contributed by atoms with van der Waals surface area (Å²) in [6.45, 7) is 6.00. The molecule has 1 aromatic rings. The van der Waals surface area contributed by atoms with Crippen molar-refractivity contribution in [2.45, 2.75) is 45.3 Å². The zero-order valence-corrected chi connectivity index (χ0v) is 12.7. The molecule has 0 radical (unpaired) electrons. The van der Waals surface area contributed by atoms with Gasteiger partial charge in [0.1, 0.15) is 11.9 Å². The van der Waals surface area contributed by atoms with Crippen molar-refractivity contribution < 1.29 is 9.90 Å². The van der Waals surface area contributed by atoms with Gasteiger partial charge in [-0.05, 0) is 58.2 Å². The third-order valence-electron chi connectivity index (χ3n) is 4.42. The van der Waals surface area contributed by atoms with E-state index in [0.717, 1.165) is 57.7 Å². The van der Waals surface area contributed by atoms with Crippen LogP contribution in [0.4, 0.5) is 0 Å². The molecule has 2 rings (SSSR count). The molecule has 0 saturated carbocycles. The van der Waals surface area contributed by atoms with E-state index in [0.29, 0.717) is 0 Å². The Bertz CT molecular complexity index is 452. The topological polar surface area (TPSA) is 84.4 Å². The first-order chi connectivity index (χ1) is 10.1. The number of amides is 1. The summed E-state index contributed by atoms with van der Waals surface area (Å²) in [5.74, 6) is 0.507. The van der Waals surface area contributed by atoms with Crippen LogP contribution in [0.25, 0.3) is 0 Å². The number of aromatic nitrogens is 2. The number of nitrogens with zero attached hydrogens (tertiary/aromatic N) is 3. The molecule has 1 fully saturated rings. The van der Waals surface area contributed by atoms with E-state index in [1.807, 2.05) is 19.3 Å². The van der Waals surface area contributed by atoms with Gasteiger partial charge in [0.2, 0.25) is 5.91 Å². The molecule has 3 N–H and O–H groups in total. The minimum Gasteiger partial charge on any atom is -0.383 e. The van der Waals surface area contributed by atoms with Gasteiger partial charge in [0, 0.05) is 18.9 Å². The van der Waals surface area contributed by atoms with Gasteiger partial charge in [0.25, 0.3) is 0 Å². The molecule has 0 aromatic carbocycles. The number of hydrogen-bond acceptors (Lipinski definition) is 4. The number of hydrogen-bond donors (Lipinski definition) is 2. The first-order valence-electron chi connectivity index (χ1n) is 7.75. The number of likely N-dealkylation sites (tertiary alicyclic amines) is 1. The summed E-state index contributed by atoms with van der Waals surface area (Å²) in [7, 11) is 0. The largest absolute Gasteiger partial charge is 0.383 e. The number of nitrogens with two attached hydrogens (primary N) is 1. The molecule has 2 heterocycles. The van der Waals surface area contributed by atoms with Crippen LogP contribution in [0.1, 0.15) is 31.5 Å². The predicted octanol–water partition coefficient (Wildman–Crippen LogP) is 0.530. The molecule has 1 saturated heterocycles. The van der Waals surface area contributed by atoms with Crippen LogP contribution >= 0.6 is 0 Å². The summed E-state index contributed by atoms with van der Waals surface area (Å²) in [5, 5.41) is 9.68. The minimum atomic E-state index is -0.976. The second-order valence-corrected chi connectivity index (χ2v) is 5.90. The highest BCUT2D eigenvalue weighted by Gasteiger charge is 2.28. The van der Waals surface area contributed by atoms with E-state index in [2.05, 4.69) is 14.5 Å². The second kappa shape index (κ2) is 7.56. The summed E-state index contributed by atoms with van der Waals surface area (Å²) in [4.78, 5) is 17.6. The summed E-state index contributed by atoms with van der Waals surface area (Å²) in [6.07, 6.45) is 6.88. The van der Waals surface area contributed by atoms with Crippen LogP contribution < -0.4 is 5.73 Å². The third-order valence-corrected chi connectivity index (χ3v) is 4.42. The number of rotatable bonds is 7. The lowest BCUT2D eigenvalue weighted by molar-refractivity contribution is -0.129. The fourth-order valence-electron chi connectivity index (χ4n) is 2.98. The van der Waals surface area contributed by atoms with Gasteiger partial charge in [0.15, 0.2) is 0 Å². The zero-order valence-electron chi connectivity index (χ0n) is 12.7. The number of aliphatic hydroxyl groups excluding tert-OH is 1. The van der Waals surface area contributed by atoms with Gasteiger partial charge in [0.05, 0.1) is 0 Å². The molecular weight excluding hydrogens is 268 g/mol. The maximum atomic E-state index is 11.0. The zero-order chi connectivity index (χ0) is 15.2. The summed E-state index contributed by atoms with van der Waals surface area (Å²) in [5.41, 5.74) is 5.15. The number of aliphatic hydroxyl groups is 1. The van der Waals surface area contributed by atoms with Crippen molar-refractivity contribution in [3.05, 3.63) is 18.2 Å². The maximum absolute atomic E-state index is 11.0. The molecule has 1 atom stereocenters. The molecule has 6 nitrogen and oxygen atoms in total. The number of primary amides is 1. The average molecular weight is 294 g/mol. The van der Waals surface area contributed by atoms with Crippen LogP contribution in [-0.2, 0) is 11.3 Å². The number of unbranched alkanes of at least 4 members (excludes halogenated alkanes) is 1. The Morgan fingerprint density at radius 2 is 2.10 bits per heavy atom. The van der Waals surface area contributed by atoms with Gasteiger partial charge in [-0.25, -0.2) is 4.98 Å². The molecule has 1 aliphatic heterocycles. The molecule has 0 bridgehead atoms. The number of imidazole rings is 1. The van der Waals surface area contributed by atoms with E-state index in [-0.39, 0.29) is 5.92 Å². The van der Waals surface area contributed by atoms with Crippen molar-refractivity contribution in [1.29, 1.82) is 0 Å². The lowest BCUT2D eigenvalue weighted by Gasteiger charge is -2.33. The van der Waals surface area contributed by atoms with Crippen molar-refractivity contribution in [1.82, 2.24) is 14.5 Å². The Morgan fingerprint density at radius 1 is 1.43 bits per heavy atom. The van der Waals surface area contributed by atoms with Gasteiger partial charge in [-0.1, -0.05) is 0 Å². The summed E-state index contributed by atoms with van der Waals surface area (Å²) >= 11 is 0. The van der Waals surface area contributed by atoms with Crippen LogP contribution in [0, 0.1) is 12.8 Å². The monoisotopic (exact) mass is 294 g/mol. The van der Waals surface area contributed by atoms with Gasteiger partial charge in [-0.15, -0.1) is 0 Å². The molecule has 1 amide bonds. The Hall–Kier alpha value is -1.40. The van der Waals surface area contributed by atoms with Crippen molar-refractivity contribution in [2.75, 3.05) is 19.6 Å². The number of aryl methyl sites for hydroxylation is 2. The fraction of sp³-hybridized carbons (Fsp3) is 0.733. The molecule has 1 aromatic heterocycles. The van der Waals surface area contributed by atoms with Crippen LogP contribution in [0.5, 0.6) is 0 Å². The highest BCUT2D eigenvalue weighted by atomic mass is 16.3. The predicted molar refractivity (Wildman–Crippen MR) is 80.6 cm³/mol. The maximum Gasteiger partial charge on any atom is 0.246 e. The number of piperidine rings is 1. The molecular formula is C15H26N4O2. The molecule has 0 aliphatic carbocycles. The standard InChI is InChI=1S/C15H26N4O2/c1-12-17-6-11-19(12)8-3-2-7-18-9-4-13(5-10-18)14(20)15(16)21/h6,11,13-14,20H,2-5,7-10H2,1H3,(H2,16,21). The first kappa shape index (κ1) is 16.0. The second-order valence-electron chi connectivity index (χ2n) is 5.90. The number of carbonyl (C=O) groups is 1. The molecule has 118 valence electrons. The normalized spacial score (nSPS) is 18.8. The van der Waals surface area contributed by atoms with E-state index < -0.39 is 12.0 Å². The Morgan fingerprint density at radius 3 is 2.67 bits per heavy atom. The van der Waals surface area contributed by atoms with Crippen molar-refractivity contribution in [3.8, 4) is 0 Å². The smallest absolute Gasteiger partial charge is 0.246 e. The lowest BCUT2D eigenvalue weighted by Crippen LogP contribution is -2.42. The highest BCUT2D eigenvalue weighted by molar-refractivity contribution is 5.78. The lowest BCUT2D eigenvalue weighted by atomic mass is 9.91. The average Bonchev–Trinajstić information content (AvgIpc) is 2.89. The molecule has 6 heteroatoms. The minimum absolute atomic E-state index is 0.0346. The van der Waals surface area contributed by atoms with Crippen LogP contribution in [0.2, 0.25) is 0 Å². The SMILES string of the molecule is Cc1nccn1CCCCN1CCC(C(O)C(N)=O)CC1. The Kier molecular flexibility index (Phi) is 5.76. The van der Waals surface area contributed by atoms with Gasteiger partial charge in [-0.3, -0.25) is 4.79 Å². The van der Waals surface area contributed by atoms with Crippen molar-refractivity contribution in [3.63, 3.8) is 0 Å². The van der Waals surface area contributed by atoms with Gasteiger partial charge in [-0.2, -0.15) is 0 Å². The van der Waals surface area contributed by atoms with Crippen LogP contribution in [0.3, 0.4) is 0 Å². The first-order valence-corrected chi connectivity index (χ1v) is 7.75. The van der Waals surface area contributed by atoms with Crippen LogP contribution in [-0.4, -0.2) is 51.2 Å². The van der Waals surface area contributed by atoms with E-state index in [1.165, 1.54) is 0 Å². The van der Waals surface area contributed by atoms with E-state index >= 15 is 0 Å². The summed E-state index contributed by atoms with van der Waals surface area (Å²) in [6, 6.07) is 0. The van der Waals surface area contributed by atoms with Gasteiger partial charge >= 0.3 is 0 Å². The van der Waals surface area contributed by atoms with E-state index in [1.54, 1.807) is 0 Å². The molecule has 0 spiro atoms. The van der Waals surface area contributed by atoms with Crippen LogP contribution in [0.15, 0.2) is 12.4 Å². The van der Waals surface area contributed by atoms with Crippen molar-refractivity contribution in [2.24, 2.45) is 11.7 Å². The van der Waals surface area contributed by atoms with E-state index in [9.17, 15) is 9.90 Å². The molecule has 1 aliphatic rings. The Balaban J connectivity index is 1.61. The highest BCUT2D eigenvalue weighted by Crippen LogP contribution is 2.20. The Labute approximate surface area is 125 Å². The van der Waals surface area contributed by atoms with Crippen molar-refractivity contribution >= 4 is 5.91 Å². The quantitative estimate of drug-likeness (QED) is 0.719. The third kappa shape index (κ3) is 4.54. The van der Waals surface area contributed by atoms with E-state index in [4.69, 9.17) is 5.73 Å². The molecule has 21 heavy (non-hydrogen) atoms. The molecule has 1 unspecified atom stereocenters.